The van der Waals surface area contributed by atoms with Gasteiger partial charge in [-0.25, -0.2) is 18.2 Å². The van der Waals surface area contributed by atoms with Crippen LogP contribution in [0.2, 0.25) is 0 Å². The van der Waals surface area contributed by atoms with Crippen LogP contribution < -0.4 is 14.4 Å². The van der Waals surface area contributed by atoms with Crippen molar-refractivity contribution in [3.8, 4) is 17.4 Å². The van der Waals surface area contributed by atoms with Gasteiger partial charge >= 0.3 is 0 Å². The fraction of sp³-hybridized carbons (Fsp3) is 0.583. The third-order valence-corrected chi connectivity index (χ3v) is 10.4. The first-order valence-corrected chi connectivity index (χ1v) is 17.5. The molecule has 2 aliphatic carbocycles. The molecule has 1 saturated heterocycles. The fourth-order valence-electron chi connectivity index (χ4n) is 7.91. The number of hydrogen-bond acceptors (Lipinski definition) is 10. The molecule has 0 N–H and O–H groups in total. The molecule has 2 aromatic heterocycles. The number of anilines is 1. The van der Waals surface area contributed by atoms with E-state index in [1.807, 2.05) is 12.3 Å². The van der Waals surface area contributed by atoms with E-state index in [9.17, 15) is 18.0 Å². The van der Waals surface area contributed by atoms with Gasteiger partial charge in [-0.3, -0.25) is 14.7 Å². The number of nitrogens with zero attached hydrogens (tertiary/aromatic N) is 8. The Hall–Kier alpha value is -4.04. The van der Waals surface area contributed by atoms with Crippen LogP contribution in [0.25, 0.3) is 0 Å². The third-order valence-electron chi connectivity index (χ3n) is 10.4. The second kappa shape index (κ2) is 13.6. The van der Waals surface area contributed by atoms with E-state index in [2.05, 4.69) is 49.0 Å². The average Bonchev–Trinajstić information content (AvgIpc) is 3.01. The highest BCUT2D eigenvalue weighted by molar-refractivity contribution is 5.97. The quantitative estimate of drug-likeness (QED) is 0.252. The molecule has 1 aromatic carbocycles. The molecule has 3 fully saturated rings. The Bertz CT molecular complexity index is 1700. The van der Waals surface area contributed by atoms with E-state index < -0.39 is 36.5 Å². The summed E-state index contributed by atoms with van der Waals surface area (Å²) in [5.74, 6) is -2.49. The Morgan fingerprint density at radius 3 is 2.58 bits per heavy atom. The average molecular weight is 695 g/mol. The van der Waals surface area contributed by atoms with Gasteiger partial charge in [-0.15, -0.1) is 10.2 Å². The number of benzene rings is 1. The summed E-state index contributed by atoms with van der Waals surface area (Å²) in [6.07, 6.45) is 6.31. The molecule has 1 amide bonds. The fourth-order valence-corrected chi connectivity index (χ4v) is 7.91. The molecule has 4 heterocycles. The van der Waals surface area contributed by atoms with Crippen LogP contribution in [-0.4, -0.2) is 112 Å². The van der Waals surface area contributed by atoms with Gasteiger partial charge in [-0.2, -0.15) is 0 Å². The van der Waals surface area contributed by atoms with Crippen molar-refractivity contribution in [3.63, 3.8) is 0 Å². The predicted molar refractivity (Wildman–Crippen MR) is 180 cm³/mol. The first kappa shape index (κ1) is 34.4. The summed E-state index contributed by atoms with van der Waals surface area (Å²) in [4.78, 5) is 30.9. The van der Waals surface area contributed by atoms with Crippen molar-refractivity contribution in [1.29, 1.82) is 0 Å². The lowest BCUT2D eigenvalue weighted by Crippen LogP contribution is -2.65. The lowest BCUT2D eigenvalue weighted by molar-refractivity contribution is -0.120. The van der Waals surface area contributed by atoms with Crippen LogP contribution in [0.15, 0.2) is 36.8 Å². The number of hydrogen-bond donors (Lipinski definition) is 0. The van der Waals surface area contributed by atoms with Crippen molar-refractivity contribution in [1.82, 2.24) is 34.9 Å². The Balaban J connectivity index is 0.985. The number of carbonyl (C=O) groups excluding carboxylic acids is 1. The molecule has 0 radical (unpaired) electrons. The Morgan fingerprint density at radius 2 is 1.86 bits per heavy atom. The van der Waals surface area contributed by atoms with Crippen LogP contribution in [0, 0.1) is 11.2 Å². The second-order valence-electron chi connectivity index (χ2n) is 15.0. The molecule has 0 atom stereocenters. The molecule has 0 unspecified atom stereocenters. The number of halogens is 3. The summed E-state index contributed by atoms with van der Waals surface area (Å²) < 4.78 is 54.6. The molecule has 2 saturated carbocycles. The second-order valence-corrected chi connectivity index (χ2v) is 15.0. The maximum Gasteiger partial charge on any atom is 0.282 e. The molecule has 1 spiro atoms. The topological polar surface area (TPSA) is 100 Å². The lowest BCUT2D eigenvalue weighted by atomic mass is 9.61. The number of fused-ring (bicyclic) bond motifs is 1. The van der Waals surface area contributed by atoms with E-state index in [1.165, 1.54) is 28.9 Å². The lowest BCUT2D eigenvalue weighted by Gasteiger charge is -2.58. The minimum Gasteiger partial charge on any atom is -0.490 e. The highest BCUT2D eigenvalue weighted by Crippen LogP contribution is 2.52. The molecule has 0 bridgehead atoms. The molecular weight excluding hydrogens is 649 g/mol. The van der Waals surface area contributed by atoms with Gasteiger partial charge < -0.3 is 24.2 Å². The monoisotopic (exact) mass is 694 g/mol. The molecule has 50 heavy (non-hydrogen) atoms. The van der Waals surface area contributed by atoms with Gasteiger partial charge in [-0.05, 0) is 84.6 Å². The molecule has 11 nitrogen and oxygen atoms in total. The Kier molecular flexibility index (Phi) is 9.35. The molecule has 2 aliphatic heterocycles. The molecule has 7 rings (SSSR count). The van der Waals surface area contributed by atoms with Crippen molar-refractivity contribution in [2.45, 2.75) is 83.0 Å². The van der Waals surface area contributed by atoms with Gasteiger partial charge in [0.25, 0.3) is 17.7 Å². The van der Waals surface area contributed by atoms with Crippen molar-refractivity contribution >= 4 is 11.7 Å². The van der Waals surface area contributed by atoms with E-state index in [0.29, 0.717) is 5.82 Å². The van der Waals surface area contributed by atoms with E-state index >= 15 is 0 Å². The van der Waals surface area contributed by atoms with Gasteiger partial charge in [0.15, 0.2) is 5.82 Å². The summed E-state index contributed by atoms with van der Waals surface area (Å²) in [7, 11) is 4.21. The van der Waals surface area contributed by atoms with Crippen molar-refractivity contribution in [2.24, 2.45) is 5.41 Å². The Labute approximate surface area is 290 Å². The summed E-state index contributed by atoms with van der Waals surface area (Å²) in [6.45, 7) is 8.94. The SMILES string of the molecule is CC(C)N(C(=O)c1cc(F)ccc1Oc1nncnc1N1CC2(CC(Oc3ccnc4c3CN(CCCN(C)C)CC4)C2)C1)C1CC(F)(F)C1. The zero-order chi connectivity index (χ0) is 35.2. The van der Waals surface area contributed by atoms with E-state index in [0.717, 1.165) is 82.5 Å². The number of alkyl halides is 2. The van der Waals surface area contributed by atoms with Gasteiger partial charge in [0.1, 0.15) is 29.7 Å². The third kappa shape index (κ3) is 7.09. The molecule has 14 heteroatoms. The predicted octanol–water partition coefficient (Wildman–Crippen LogP) is 5.20. The summed E-state index contributed by atoms with van der Waals surface area (Å²) in [6, 6.07) is 4.57. The van der Waals surface area contributed by atoms with Crippen LogP contribution in [0.1, 0.15) is 67.6 Å². The minimum atomic E-state index is -2.81. The number of aromatic nitrogens is 4. The first-order chi connectivity index (χ1) is 23.9. The maximum absolute atomic E-state index is 14.5. The van der Waals surface area contributed by atoms with Crippen molar-refractivity contribution in [3.05, 3.63) is 59.4 Å². The van der Waals surface area contributed by atoms with Crippen LogP contribution in [0.3, 0.4) is 0 Å². The highest BCUT2D eigenvalue weighted by Gasteiger charge is 2.55. The van der Waals surface area contributed by atoms with Gasteiger partial charge in [-0.1, -0.05) is 0 Å². The molecule has 268 valence electrons. The first-order valence-electron chi connectivity index (χ1n) is 17.5. The van der Waals surface area contributed by atoms with Gasteiger partial charge in [0, 0.05) is 80.4 Å². The molecular formula is C36H45F3N8O3. The van der Waals surface area contributed by atoms with E-state index in [-0.39, 0.29) is 34.8 Å². The Morgan fingerprint density at radius 1 is 1.08 bits per heavy atom. The number of amides is 1. The largest absolute Gasteiger partial charge is 0.490 e. The molecule has 4 aliphatic rings. The number of ether oxygens (including phenoxy) is 2. The zero-order valence-electron chi connectivity index (χ0n) is 29.1. The smallest absolute Gasteiger partial charge is 0.282 e. The normalized spacial score (nSPS) is 19.9. The minimum absolute atomic E-state index is 0.0565. The van der Waals surface area contributed by atoms with Gasteiger partial charge in [0.05, 0.1) is 5.56 Å². The summed E-state index contributed by atoms with van der Waals surface area (Å²) >= 11 is 0. The summed E-state index contributed by atoms with van der Waals surface area (Å²) in [5, 5.41) is 8.07. The van der Waals surface area contributed by atoms with E-state index in [4.69, 9.17) is 9.47 Å². The van der Waals surface area contributed by atoms with Crippen LogP contribution >= 0.6 is 0 Å². The van der Waals surface area contributed by atoms with Gasteiger partial charge in [0.2, 0.25) is 0 Å². The zero-order valence-corrected chi connectivity index (χ0v) is 29.1. The summed E-state index contributed by atoms with van der Waals surface area (Å²) in [5.41, 5.74) is 2.35. The molecule has 3 aromatic rings. The van der Waals surface area contributed by atoms with Crippen LogP contribution in [0.4, 0.5) is 19.0 Å². The number of carbonyl (C=O) groups is 1. The standard InChI is InChI=1S/C36H45F3N8O3/c1-23(2)47(25-15-36(38,39)16-25)34(48)27-14-24(37)6-7-30(27)50-33-32(41-22-42-43-33)46-20-35(21-46)17-26(18-35)49-31-8-10-40-29-9-13-45(19-28(29)31)12-5-11-44(3)4/h6-8,10,14,22-23,25-26H,5,9,11-13,15-21H2,1-4H3. The van der Waals surface area contributed by atoms with Crippen LogP contribution in [-0.2, 0) is 13.0 Å². The van der Waals surface area contributed by atoms with E-state index in [1.54, 1.807) is 13.8 Å². The number of rotatable bonds is 12. The van der Waals surface area contributed by atoms with Crippen molar-refractivity contribution < 1.29 is 27.4 Å². The maximum atomic E-state index is 14.5. The number of pyridine rings is 1. The van der Waals surface area contributed by atoms with Crippen molar-refractivity contribution in [2.75, 3.05) is 51.7 Å². The highest BCUT2D eigenvalue weighted by atomic mass is 19.3. The van der Waals surface area contributed by atoms with Crippen LogP contribution in [0.5, 0.6) is 17.4 Å².